The average Bonchev–Trinajstić information content (AvgIpc) is 2.51. The summed E-state index contributed by atoms with van der Waals surface area (Å²) in [6.07, 6.45) is -4.59. The van der Waals surface area contributed by atoms with Crippen molar-refractivity contribution in [2.75, 3.05) is 6.61 Å². The van der Waals surface area contributed by atoms with Crippen LogP contribution in [0.1, 0.15) is 11.4 Å². The lowest BCUT2D eigenvalue weighted by atomic mass is 10.1. The van der Waals surface area contributed by atoms with Crippen LogP contribution < -0.4 is 11.2 Å². The van der Waals surface area contributed by atoms with Crippen LogP contribution in [-0.4, -0.2) is 64.9 Å². The van der Waals surface area contributed by atoms with E-state index in [9.17, 15) is 24.9 Å². The molecule has 2 aliphatic rings. The zero-order valence-electron chi connectivity index (χ0n) is 12.6. The van der Waals surface area contributed by atoms with Crippen LogP contribution in [0, 0.1) is 13.8 Å². The van der Waals surface area contributed by atoms with Crippen LogP contribution in [-0.2, 0) is 6.54 Å². The van der Waals surface area contributed by atoms with Crippen molar-refractivity contribution in [2.24, 2.45) is 0 Å². The summed E-state index contributed by atoms with van der Waals surface area (Å²) in [6, 6.07) is 0. The number of aromatic amines is 1. The van der Waals surface area contributed by atoms with E-state index in [0.29, 0.717) is 11.4 Å². The van der Waals surface area contributed by atoms with Gasteiger partial charge in [0, 0.05) is 5.69 Å². The molecule has 0 aromatic heterocycles. The monoisotopic (exact) mass is 327 g/mol. The van der Waals surface area contributed by atoms with E-state index in [1.165, 1.54) is 4.57 Å². The van der Waals surface area contributed by atoms with Gasteiger partial charge in [0.15, 0.2) is 11.5 Å². The fourth-order valence-electron chi connectivity index (χ4n) is 2.21. The molecule has 2 heterocycles. The van der Waals surface area contributed by atoms with Gasteiger partial charge in [-0.15, -0.1) is 0 Å². The second-order valence-corrected chi connectivity index (χ2v) is 5.24. The van der Waals surface area contributed by atoms with Gasteiger partial charge in [0.05, 0.1) is 18.8 Å². The largest absolute Gasteiger partial charge is 0.394 e. The summed E-state index contributed by atoms with van der Waals surface area (Å²) in [4.78, 5) is 33.1. The number of hydrogen-bond acceptors (Lipinski definition) is 8. The van der Waals surface area contributed by atoms with Gasteiger partial charge in [0.25, 0.3) is 5.56 Å². The van der Waals surface area contributed by atoms with Gasteiger partial charge in [-0.05, 0) is 13.8 Å². The molecule has 23 heavy (non-hydrogen) atoms. The maximum absolute atomic E-state index is 11.8. The minimum absolute atomic E-state index is 0.0356. The number of nitrogens with one attached hydrogen (secondary N) is 1. The highest BCUT2D eigenvalue weighted by Gasteiger charge is 2.27. The Morgan fingerprint density at radius 3 is 2.48 bits per heavy atom. The fraction of sp³-hybridized carbons (Fsp3) is 0.538. The topological polar surface area (TPSA) is 162 Å². The first-order valence-corrected chi connectivity index (χ1v) is 6.89. The highest BCUT2D eigenvalue weighted by Crippen LogP contribution is 2.18. The Balaban J connectivity index is 2.53. The van der Waals surface area contributed by atoms with Crippen LogP contribution >= 0.6 is 0 Å². The zero-order chi connectivity index (χ0) is 17.3. The molecular weight excluding hydrogens is 309 g/mol. The molecule has 3 atom stereocenters. The summed E-state index contributed by atoms with van der Waals surface area (Å²) in [5.41, 5.74) is -0.626. The molecule has 0 amide bonds. The van der Waals surface area contributed by atoms with Crippen molar-refractivity contribution in [3.63, 3.8) is 0 Å². The van der Waals surface area contributed by atoms with Crippen molar-refractivity contribution in [3.8, 4) is 11.5 Å². The molecule has 0 aliphatic carbocycles. The normalized spacial score (nSPS) is 15.6. The van der Waals surface area contributed by atoms with Gasteiger partial charge in [0.2, 0.25) is 0 Å². The molecule has 0 unspecified atom stereocenters. The Bertz CT molecular complexity index is 785. The quantitative estimate of drug-likeness (QED) is 0.391. The van der Waals surface area contributed by atoms with Crippen molar-refractivity contribution in [1.82, 2.24) is 19.5 Å². The number of fused-ring (bicyclic) bond motifs is 1. The van der Waals surface area contributed by atoms with E-state index < -0.39 is 36.2 Å². The Kier molecular flexibility index (Phi) is 4.90. The number of aryl methyl sites for hydroxylation is 1. The zero-order valence-corrected chi connectivity index (χ0v) is 12.6. The van der Waals surface area contributed by atoms with Gasteiger partial charge in [-0.1, -0.05) is 0 Å². The summed E-state index contributed by atoms with van der Waals surface area (Å²) >= 11 is 0. The Labute approximate surface area is 130 Å². The molecule has 2 aliphatic heterocycles. The highest BCUT2D eigenvalue weighted by molar-refractivity contribution is 5.50. The van der Waals surface area contributed by atoms with E-state index in [1.54, 1.807) is 13.8 Å². The predicted molar refractivity (Wildman–Crippen MR) is 78.1 cm³/mol. The van der Waals surface area contributed by atoms with Crippen molar-refractivity contribution < 1.29 is 20.4 Å². The second-order valence-electron chi connectivity index (χ2n) is 5.24. The first kappa shape index (κ1) is 17.2. The smallest absolute Gasteiger partial charge is 0.349 e. The molecule has 0 saturated carbocycles. The fourth-order valence-corrected chi connectivity index (χ4v) is 2.21. The third-order valence-corrected chi connectivity index (χ3v) is 3.66. The van der Waals surface area contributed by atoms with Crippen molar-refractivity contribution in [2.45, 2.75) is 38.7 Å². The summed E-state index contributed by atoms with van der Waals surface area (Å²) in [5.74, 6) is -0.0356. The van der Waals surface area contributed by atoms with Crippen LogP contribution in [0.25, 0.3) is 11.5 Å². The van der Waals surface area contributed by atoms with E-state index in [0.717, 1.165) is 0 Å². The molecule has 126 valence electrons. The van der Waals surface area contributed by atoms with E-state index in [1.807, 2.05) is 4.98 Å². The first-order chi connectivity index (χ1) is 10.8. The molecule has 0 aromatic rings. The molecule has 0 saturated heterocycles. The third-order valence-electron chi connectivity index (χ3n) is 3.66. The lowest BCUT2D eigenvalue weighted by Crippen LogP contribution is -2.42. The summed E-state index contributed by atoms with van der Waals surface area (Å²) < 4.78 is 1.37. The minimum Gasteiger partial charge on any atom is -0.394 e. The first-order valence-electron chi connectivity index (χ1n) is 6.89. The van der Waals surface area contributed by atoms with Crippen LogP contribution in [0.15, 0.2) is 9.59 Å². The molecule has 0 aromatic carbocycles. The van der Waals surface area contributed by atoms with Gasteiger partial charge < -0.3 is 25.0 Å². The van der Waals surface area contributed by atoms with E-state index in [-0.39, 0.29) is 18.1 Å². The number of aliphatic hydroxyl groups is 4. The third kappa shape index (κ3) is 3.29. The predicted octanol–water partition coefficient (Wildman–Crippen LogP) is -2.88. The Morgan fingerprint density at radius 1 is 1.22 bits per heavy atom. The van der Waals surface area contributed by atoms with E-state index in [2.05, 4.69) is 9.97 Å². The SMILES string of the molecule is Cc1nc2c(=[17O])[nH]c(=O)nc-2n(C[C@H](O)[C@H](O)[C@H](O)CO)c1C. The molecule has 0 spiro atoms. The van der Waals surface area contributed by atoms with Gasteiger partial charge in [-0.3, -0.25) is 9.78 Å². The number of rotatable bonds is 5. The molecule has 5 N–H and O–H groups in total. The number of aliphatic hydroxyl groups excluding tert-OH is 4. The van der Waals surface area contributed by atoms with Crippen LogP contribution in [0.3, 0.4) is 0 Å². The number of nitrogens with zero attached hydrogens (tertiary/aromatic N) is 3. The van der Waals surface area contributed by atoms with E-state index >= 15 is 0 Å². The number of H-pyrrole nitrogens is 1. The van der Waals surface area contributed by atoms with Crippen LogP contribution in [0.5, 0.6) is 0 Å². The maximum Gasteiger partial charge on any atom is 0.349 e. The lowest BCUT2D eigenvalue weighted by Gasteiger charge is -2.25. The molecular formula is C13H18N4O6. The standard InChI is InChI=1S/C13H18N4O6/c1-5-6(2)17(3-7(19)10(21)8(20)4-18)11-9(14-5)12(22)16-13(23)15-11/h7-8,10,18-21H,3-4H2,1-2H3,(H,16,22,23)/t7-,8+,10-/m0/s1/i22+1. The Morgan fingerprint density at radius 2 is 1.87 bits per heavy atom. The lowest BCUT2D eigenvalue weighted by molar-refractivity contribution is -0.0807. The van der Waals surface area contributed by atoms with Crippen LogP contribution in [0.2, 0.25) is 0 Å². The number of hydrogen-bond donors (Lipinski definition) is 5. The van der Waals surface area contributed by atoms with Gasteiger partial charge >= 0.3 is 5.69 Å². The second kappa shape index (κ2) is 6.54. The van der Waals surface area contributed by atoms with Crippen molar-refractivity contribution in [3.05, 3.63) is 32.2 Å². The molecule has 10 nitrogen and oxygen atoms in total. The summed E-state index contributed by atoms with van der Waals surface area (Å²) in [6.45, 7) is 2.32. The molecule has 0 fully saturated rings. The average molecular weight is 327 g/mol. The molecule has 2 rings (SSSR count). The maximum atomic E-state index is 11.8. The summed E-state index contributed by atoms with van der Waals surface area (Å²) in [7, 11) is 0. The number of aromatic nitrogens is 4. The van der Waals surface area contributed by atoms with Crippen molar-refractivity contribution in [1.29, 1.82) is 0 Å². The highest BCUT2D eigenvalue weighted by atomic mass is 17.1. The van der Waals surface area contributed by atoms with Gasteiger partial charge in [-0.25, -0.2) is 9.78 Å². The van der Waals surface area contributed by atoms with Crippen molar-refractivity contribution >= 4 is 0 Å². The molecule has 0 radical (unpaired) electrons. The minimum atomic E-state index is -1.61. The Hall–Kier alpha value is -2.14. The summed E-state index contributed by atoms with van der Waals surface area (Å²) in [5, 5.41) is 38.0. The molecule has 10 heteroatoms. The van der Waals surface area contributed by atoms with E-state index in [4.69, 9.17) is 5.11 Å². The van der Waals surface area contributed by atoms with Crippen LogP contribution in [0.4, 0.5) is 0 Å². The molecule has 0 bridgehead atoms. The van der Waals surface area contributed by atoms with Gasteiger partial charge in [-0.2, -0.15) is 4.98 Å². The van der Waals surface area contributed by atoms with Gasteiger partial charge in [0.1, 0.15) is 18.3 Å².